The summed E-state index contributed by atoms with van der Waals surface area (Å²) in [4.78, 5) is 34.5. The van der Waals surface area contributed by atoms with Crippen molar-refractivity contribution in [2.24, 2.45) is 0 Å². The van der Waals surface area contributed by atoms with Crippen LogP contribution in [0.15, 0.2) is 18.2 Å². The number of hydrogen-bond donors (Lipinski definition) is 1. The molecule has 1 amide bonds. The van der Waals surface area contributed by atoms with Gasteiger partial charge in [-0.2, -0.15) is 0 Å². The molecule has 18 heavy (non-hydrogen) atoms. The summed E-state index contributed by atoms with van der Waals surface area (Å²) in [5.74, 6) is -0.353. The minimum atomic E-state index is -0.241. The molecule has 0 aromatic heterocycles. The highest BCUT2D eigenvalue weighted by Gasteiger charge is 2.14. The predicted octanol–water partition coefficient (Wildman–Crippen LogP) is 2.83. The van der Waals surface area contributed by atoms with Crippen LogP contribution in [-0.2, 0) is 4.79 Å². The van der Waals surface area contributed by atoms with Crippen LogP contribution in [0.5, 0.6) is 0 Å². The Kier molecular flexibility index (Phi) is 4.77. The highest BCUT2D eigenvalue weighted by molar-refractivity contribution is 6.07. The number of benzene rings is 1. The van der Waals surface area contributed by atoms with Crippen molar-refractivity contribution in [2.75, 3.05) is 5.32 Å². The molecule has 4 heteroatoms. The van der Waals surface area contributed by atoms with Gasteiger partial charge in [0.25, 0.3) is 0 Å². The quantitative estimate of drug-likeness (QED) is 0.814. The third kappa shape index (κ3) is 3.26. The van der Waals surface area contributed by atoms with Gasteiger partial charge in [-0.05, 0) is 18.2 Å². The van der Waals surface area contributed by atoms with Crippen LogP contribution in [0, 0.1) is 0 Å². The van der Waals surface area contributed by atoms with Crippen LogP contribution >= 0.6 is 0 Å². The summed E-state index contributed by atoms with van der Waals surface area (Å²) in [5.41, 5.74) is 1.36. The van der Waals surface area contributed by atoms with E-state index in [2.05, 4.69) is 5.32 Å². The lowest BCUT2D eigenvalue weighted by molar-refractivity contribution is -0.114. The summed E-state index contributed by atoms with van der Waals surface area (Å²) in [6.45, 7) is 4.89. The van der Waals surface area contributed by atoms with E-state index in [9.17, 15) is 14.4 Å². The molecule has 0 bridgehead atoms. The van der Waals surface area contributed by atoms with Gasteiger partial charge in [0.15, 0.2) is 11.6 Å². The average molecular weight is 247 g/mol. The molecule has 1 aromatic carbocycles. The van der Waals surface area contributed by atoms with E-state index in [4.69, 9.17) is 0 Å². The van der Waals surface area contributed by atoms with Gasteiger partial charge in [0, 0.05) is 30.9 Å². The number of Topliss-reactive ketones (excluding diaryl/α,β-unsaturated/α-hetero) is 2. The van der Waals surface area contributed by atoms with Gasteiger partial charge in [-0.25, -0.2) is 0 Å². The summed E-state index contributed by atoms with van der Waals surface area (Å²) < 4.78 is 0. The smallest absolute Gasteiger partial charge is 0.221 e. The van der Waals surface area contributed by atoms with Gasteiger partial charge >= 0.3 is 0 Å². The molecule has 1 rings (SSSR count). The van der Waals surface area contributed by atoms with Crippen molar-refractivity contribution in [3.05, 3.63) is 29.3 Å². The Balaban J connectivity index is 3.24. The Hall–Kier alpha value is -1.97. The van der Waals surface area contributed by atoms with Crippen LogP contribution in [0.1, 0.15) is 54.3 Å². The molecule has 0 atom stereocenters. The predicted molar refractivity (Wildman–Crippen MR) is 70.0 cm³/mol. The summed E-state index contributed by atoms with van der Waals surface area (Å²) in [6.07, 6.45) is 0.718. The van der Waals surface area contributed by atoms with Crippen molar-refractivity contribution in [1.82, 2.24) is 0 Å². The van der Waals surface area contributed by atoms with Crippen LogP contribution < -0.4 is 5.32 Å². The summed E-state index contributed by atoms with van der Waals surface area (Å²) in [7, 11) is 0. The van der Waals surface area contributed by atoms with Crippen molar-refractivity contribution in [1.29, 1.82) is 0 Å². The summed E-state index contributed by atoms with van der Waals surface area (Å²) in [5, 5.41) is 2.60. The zero-order valence-electron chi connectivity index (χ0n) is 10.9. The molecule has 0 aliphatic heterocycles. The van der Waals surface area contributed by atoms with E-state index in [0.717, 1.165) is 0 Å². The minimum absolute atomic E-state index is 0.0190. The van der Waals surface area contributed by atoms with Gasteiger partial charge in [-0.1, -0.05) is 13.8 Å². The van der Waals surface area contributed by atoms with Crippen LogP contribution in [0.25, 0.3) is 0 Å². The largest absolute Gasteiger partial charge is 0.326 e. The van der Waals surface area contributed by atoms with E-state index in [1.807, 2.05) is 0 Å². The summed E-state index contributed by atoms with van der Waals surface area (Å²) in [6, 6.07) is 4.79. The molecule has 4 nitrogen and oxygen atoms in total. The van der Waals surface area contributed by atoms with Gasteiger partial charge in [0.05, 0.1) is 5.69 Å². The van der Waals surface area contributed by atoms with Gasteiger partial charge in [-0.3, -0.25) is 14.4 Å². The van der Waals surface area contributed by atoms with Crippen LogP contribution in [0.2, 0.25) is 0 Å². The monoisotopic (exact) mass is 247 g/mol. The SMILES string of the molecule is CCC(=O)c1ccc(NC(C)=O)c(C(=O)CC)c1. The van der Waals surface area contributed by atoms with Gasteiger partial charge in [0.1, 0.15) is 0 Å². The molecule has 0 saturated heterocycles. The lowest BCUT2D eigenvalue weighted by Crippen LogP contribution is -2.12. The number of rotatable bonds is 5. The third-order valence-electron chi connectivity index (χ3n) is 2.59. The molecule has 0 saturated carbocycles. The van der Waals surface area contributed by atoms with Crippen molar-refractivity contribution in [3.63, 3.8) is 0 Å². The molecular weight excluding hydrogens is 230 g/mol. The fraction of sp³-hybridized carbons (Fsp3) is 0.357. The first-order valence-electron chi connectivity index (χ1n) is 5.97. The molecule has 0 spiro atoms. The zero-order chi connectivity index (χ0) is 13.7. The molecule has 0 unspecified atom stereocenters. The fourth-order valence-electron chi connectivity index (χ4n) is 1.64. The first kappa shape index (κ1) is 14.1. The maximum atomic E-state index is 11.8. The van der Waals surface area contributed by atoms with Gasteiger partial charge < -0.3 is 5.32 Å². The van der Waals surface area contributed by atoms with Crippen molar-refractivity contribution < 1.29 is 14.4 Å². The Labute approximate surface area is 106 Å². The van der Waals surface area contributed by atoms with Crippen molar-refractivity contribution in [2.45, 2.75) is 33.6 Å². The number of nitrogens with one attached hydrogen (secondary N) is 1. The standard InChI is InChI=1S/C14H17NO3/c1-4-13(17)10-6-7-12(15-9(3)16)11(8-10)14(18)5-2/h6-8H,4-5H2,1-3H3,(H,15,16). The number of anilines is 1. The number of carbonyl (C=O) groups is 3. The lowest BCUT2D eigenvalue weighted by atomic mass is 10.00. The van der Waals surface area contributed by atoms with Crippen LogP contribution in [0.4, 0.5) is 5.69 Å². The van der Waals surface area contributed by atoms with E-state index in [1.54, 1.807) is 32.0 Å². The average Bonchev–Trinajstić information content (AvgIpc) is 2.36. The number of amides is 1. The van der Waals surface area contributed by atoms with Crippen molar-refractivity contribution >= 4 is 23.2 Å². The Morgan fingerprint density at radius 3 is 2.17 bits per heavy atom. The number of hydrogen-bond acceptors (Lipinski definition) is 3. The molecule has 0 heterocycles. The molecule has 0 aliphatic rings. The van der Waals surface area contributed by atoms with E-state index in [0.29, 0.717) is 29.7 Å². The second-order valence-electron chi connectivity index (χ2n) is 4.00. The van der Waals surface area contributed by atoms with E-state index in [1.165, 1.54) is 6.92 Å². The Morgan fingerprint density at radius 1 is 1.06 bits per heavy atom. The summed E-state index contributed by atoms with van der Waals surface area (Å²) >= 11 is 0. The molecule has 0 aliphatic carbocycles. The lowest BCUT2D eigenvalue weighted by Gasteiger charge is -2.10. The second kappa shape index (κ2) is 6.10. The third-order valence-corrected chi connectivity index (χ3v) is 2.59. The Bertz CT molecular complexity index is 492. The van der Waals surface area contributed by atoms with E-state index >= 15 is 0 Å². The van der Waals surface area contributed by atoms with Gasteiger partial charge in [-0.15, -0.1) is 0 Å². The second-order valence-corrected chi connectivity index (χ2v) is 4.00. The number of ketones is 2. The highest BCUT2D eigenvalue weighted by Crippen LogP contribution is 2.20. The normalized spacial score (nSPS) is 9.94. The van der Waals surface area contributed by atoms with Gasteiger partial charge in [0.2, 0.25) is 5.91 Å². The van der Waals surface area contributed by atoms with E-state index < -0.39 is 0 Å². The Morgan fingerprint density at radius 2 is 1.67 bits per heavy atom. The van der Waals surface area contributed by atoms with Crippen molar-refractivity contribution in [3.8, 4) is 0 Å². The molecule has 1 aromatic rings. The zero-order valence-corrected chi connectivity index (χ0v) is 10.9. The minimum Gasteiger partial charge on any atom is -0.326 e. The first-order valence-corrected chi connectivity index (χ1v) is 5.97. The number of carbonyl (C=O) groups excluding carboxylic acids is 3. The van der Waals surface area contributed by atoms with E-state index in [-0.39, 0.29) is 17.5 Å². The fourth-order valence-corrected chi connectivity index (χ4v) is 1.64. The molecule has 0 radical (unpaired) electrons. The first-order chi connectivity index (χ1) is 8.49. The van der Waals surface area contributed by atoms with Crippen LogP contribution in [-0.4, -0.2) is 17.5 Å². The maximum absolute atomic E-state index is 11.8. The van der Waals surface area contributed by atoms with Crippen LogP contribution in [0.3, 0.4) is 0 Å². The molecule has 0 fully saturated rings. The molecule has 1 N–H and O–H groups in total. The molecular formula is C14H17NO3. The molecule has 96 valence electrons. The topological polar surface area (TPSA) is 63.2 Å². The maximum Gasteiger partial charge on any atom is 0.221 e. The highest BCUT2D eigenvalue weighted by atomic mass is 16.1.